The molecule has 74 valence electrons. The highest BCUT2D eigenvalue weighted by molar-refractivity contribution is 5.03. The minimum absolute atomic E-state index is 0.264. The molecule has 1 unspecified atom stereocenters. The standard InChI is InChI=1S/C10H17NO2/c12-7-10(2-1-3-10)6-11-4-9-8(11)5-13-9/h8-9,12H,1-7H2/t8-,9?/m0/s1. The zero-order valence-electron chi connectivity index (χ0n) is 7.91. The van der Waals surface area contributed by atoms with Gasteiger partial charge < -0.3 is 9.84 Å². The molecule has 0 amide bonds. The molecule has 0 aromatic carbocycles. The second-order valence-corrected chi connectivity index (χ2v) is 4.88. The third-order valence-corrected chi connectivity index (χ3v) is 4.08. The average molecular weight is 183 g/mol. The van der Waals surface area contributed by atoms with Gasteiger partial charge in [0, 0.05) is 25.1 Å². The molecule has 0 radical (unpaired) electrons. The number of ether oxygens (including phenoxy) is 1. The number of nitrogens with zero attached hydrogens (tertiary/aromatic N) is 1. The Morgan fingerprint density at radius 3 is 2.62 bits per heavy atom. The van der Waals surface area contributed by atoms with Crippen LogP contribution >= 0.6 is 0 Å². The van der Waals surface area contributed by atoms with Crippen molar-refractivity contribution in [1.29, 1.82) is 0 Å². The molecule has 3 rings (SSSR count). The molecule has 2 atom stereocenters. The Labute approximate surface area is 78.7 Å². The summed E-state index contributed by atoms with van der Waals surface area (Å²) in [6.45, 7) is 3.51. The second-order valence-electron chi connectivity index (χ2n) is 4.88. The van der Waals surface area contributed by atoms with Crippen LogP contribution in [0, 0.1) is 5.41 Å². The third kappa shape index (κ3) is 1.07. The maximum atomic E-state index is 9.32. The molecule has 3 aliphatic rings. The molecule has 1 aliphatic carbocycles. The van der Waals surface area contributed by atoms with Crippen molar-refractivity contribution in [2.24, 2.45) is 5.41 Å². The van der Waals surface area contributed by atoms with Gasteiger partial charge in [0.25, 0.3) is 0 Å². The lowest BCUT2D eigenvalue weighted by molar-refractivity contribution is -0.226. The van der Waals surface area contributed by atoms with E-state index in [0.717, 1.165) is 19.7 Å². The fraction of sp³-hybridized carbons (Fsp3) is 1.00. The highest BCUT2D eigenvalue weighted by Crippen LogP contribution is 2.43. The lowest BCUT2D eigenvalue weighted by atomic mass is 9.68. The van der Waals surface area contributed by atoms with Crippen molar-refractivity contribution in [3.63, 3.8) is 0 Å². The van der Waals surface area contributed by atoms with Gasteiger partial charge in [0.05, 0.1) is 18.8 Å². The molecule has 3 fully saturated rings. The number of fused-ring (bicyclic) bond motifs is 1. The van der Waals surface area contributed by atoms with E-state index in [0.29, 0.717) is 18.8 Å². The number of hydrogen-bond donors (Lipinski definition) is 1. The van der Waals surface area contributed by atoms with Crippen molar-refractivity contribution in [3.8, 4) is 0 Å². The molecular formula is C10H17NO2. The Morgan fingerprint density at radius 2 is 2.31 bits per heavy atom. The summed E-state index contributed by atoms with van der Waals surface area (Å²) in [6.07, 6.45) is 4.28. The predicted octanol–water partition coefficient (Wildman–Crippen LogP) is 0.232. The molecule has 2 aliphatic heterocycles. The molecule has 2 saturated heterocycles. The van der Waals surface area contributed by atoms with Crippen LogP contribution in [0.1, 0.15) is 19.3 Å². The molecule has 13 heavy (non-hydrogen) atoms. The zero-order chi connectivity index (χ0) is 8.89. The van der Waals surface area contributed by atoms with E-state index in [4.69, 9.17) is 4.74 Å². The lowest BCUT2D eigenvalue weighted by Crippen LogP contribution is -2.72. The number of aliphatic hydroxyl groups is 1. The minimum atomic E-state index is 0.264. The summed E-state index contributed by atoms with van der Waals surface area (Å²) < 4.78 is 5.36. The van der Waals surface area contributed by atoms with Gasteiger partial charge in [-0.05, 0) is 12.8 Å². The summed E-state index contributed by atoms with van der Waals surface area (Å²) in [5, 5.41) is 9.32. The fourth-order valence-corrected chi connectivity index (χ4v) is 2.72. The number of rotatable bonds is 3. The first-order valence-corrected chi connectivity index (χ1v) is 5.30. The Morgan fingerprint density at radius 1 is 1.46 bits per heavy atom. The van der Waals surface area contributed by atoms with E-state index in [2.05, 4.69) is 4.90 Å². The maximum absolute atomic E-state index is 9.32. The molecule has 0 spiro atoms. The van der Waals surface area contributed by atoms with Crippen molar-refractivity contribution in [1.82, 2.24) is 4.90 Å². The van der Waals surface area contributed by atoms with Crippen LogP contribution in [0.25, 0.3) is 0 Å². The number of likely N-dealkylation sites (tertiary alicyclic amines) is 1. The van der Waals surface area contributed by atoms with Crippen LogP contribution in [-0.2, 0) is 4.74 Å². The van der Waals surface area contributed by atoms with Crippen molar-refractivity contribution in [3.05, 3.63) is 0 Å². The van der Waals surface area contributed by atoms with Gasteiger partial charge >= 0.3 is 0 Å². The molecule has 2 heterocycles. The molecule has 0 aromatic rings. The quantitative estimate of drug-likeness (QED) is 0.680. The smallest absolute Gasteiger partial charge is 0.0880 e. The van der Waals surface area contributed by atoms with E-state index >= 15 is 0 Å². The Bertz CT molecular complexity index is 209. The Kier molecular flexibility index (Phi) is 1.70. The second kappa shape index (κ2) is 2.69. The summed E-state index contributed by atoms with van der Waals surface area (Å²) in [5.74, 6) is 0. The van der Waals surface area contributed by atoms with Crippen LogP contribution in [0.5, 0.6) is 0 Å². The minimum Gasteiger partial charge on any atom is -0.396 e. The van der Waals surface area contributed by atoms with Crippen LogP contribution in [0.15, 0.2) is 0 Å². The van der Waals surface area contributed by atoms with Gasteiger partial charge in [-0.2, -0.15) is 0 Å². The summed E-state index contributed by atoms with van der Waals surface area (Å²) in [7, 11) is 0. The first-order valence-electron chi connectivity index (χ1n) is 5.30. The van der Waals surface area contributed by atoms with E-state index in [1.807, 2.05) is 0 Å². The Balaban J connectivity index is 1.56. The average Bonchev–Trinajstić information content (AvgIpc) is 2.04. The fourth-order valence-electron chi connectivity index (χ4n) is 2.72. The van der Waals surface area contributed by atoms with Crippen molar-refractivity contribution < 1.29 is 9.84 Å². The maximum Gasteiger partial charge on any atom is 0.0880 e. The first kappa shape index (κ1) is 8.21. The molecule has 1 saturated carbocycles. The number of morpholine rings is 1. The molecule has 3 heteroatoms. The monoisotopic (exact) mass is 183 g/mol. The van der Waals surface area contributed by atoms with Gasteiger partial charge in [-0.3, -0.25) is 4.90 Å². The normalized spacial score (nSPS) is 41.3. The highest BCUT2D eigenvalue weighted by Gasteiger charge is 2.50. The van der Waals surface area contributed by atoms with E-state index in [1.165, 1.54) is 19.3 Å². The van der Waals surface area contributed by atoms with Crippen molar-refractivity contribution >= 4 is 0 Å². The summed E-state index contributed by atoms with van der Waals surface area (Å²) >= 11 is 0. The van der Waals surface area contributed by atoms with Gasteiger partial charge in [-0.1, -0.05) is 6.42 Å². The number of aliphatic hydroxyl groups excluding tert-OH is 1. The van der Waals surface area contributed by atoms with Gasteiger partial charge in [-0.15, -0.1) is 0 Å². The van der Waals surface area contributed by atoms with E-state index in [-0.39, 0.29) is 5.41 Å². The van der Waals surface area contributed by atoms with Gasteiger partial charge in [-0.25, -0.2) is 0 Å². The summed E-state index contributed by atoms with van der Waals surface area (Å²) in [4.78, 5) is 2.49. The largest absolute Gasteiger partial charge is 0.396 e. The summed E-state index contributed by atoms with van der Waals surface area (Å²) in [5.41, 5.74) is 0.264. The van der Waals surface area contributed by atoms with Gasteiger partial charge in [0.2, 0.25) is 0 Å². The van der Waals surface area contributed by atoms with E-state index < -0.39 is 0 Å². The van der Waals surface area contributed by atoms with Crippen LogP contribution in [0.3, 0.4) is 0 Å². The van der Waals surface area contributed by atoms with Crippen molar-refractivity contribution in [2.75, 3.05) is 26.3 Å². The van der Waals surface area contributed by atoms with Crippen LogP contribution in [-0.4, -0.2) is 48.5 Å². The molecule has 0 bridgehead atoms. The predicted molar refractivity (Wildman–Crippen MR) is 48.5 cm³/mol. The molecule has 0 aromatic heterocycles. The van der Waals surface area contributed by atoms with Crippen LogP contribution < -0.4 is 0 Å². The first-order chi connectivity index (χ1) is 6.33. The highest BCUT2D eigenvalue weighted by atomic mass is 16.5. The van der Waals surface area contributed by atoms with Crippen LogP contribution in [0.2, 0.25) is 0 Å². The molecule has 3 nitrogen and oxygen atoms in total. The zero-order valence-corrected chi connectivity index (χ0v) is 7.91. The van der Waals surface area contributed by atoms with Gasteiger partial charge in [0.1, 0.15) is 0 Å². The topological polar surface area (TPSA) is 32.7 Å². The third-order valence-electron chi connectivity index (χ3n) is 4.08. The SMILES string of the molecule is OCC1(CN2CC3OC[C@@H]32)CCC1. The molecular weight excluding hydrogens is 166 g/mol. The van der Waals surface area contributed by atoms with Gasteiger partial charge in [0.15, 0.2) is 0 Å². The van der Waals surface area contributed by atoms with E-state index in [1.54, 1.807) is 0 Å². The van der Waals surface area contributed by atoms with Crippen LogP contribution in [0.4, 0.5) is 0 Å². The molecule has 1 N–H and O–H groups in total. The van der Waals surface area contributed by atoms with E-state index in [9.17, 15) is 5.11 Å². The van der Waals surface area contributed by atoms with Crippen molar-refractivity contribution in [2.45, 2.75) is 31.4 Å². The summed E-state index contributed by atoms with van der Waals surface area (Å²) in [6, 6.07) is 0.698. The Hall–Kier alpha value is -0.120. The number of hydrogen-bond acceptors (Lipinski definition) is 3. The lowest BCUT2D eigenvalue weighted by Gasteiger charge is -2.58.